The number of piperidine rings is 1. The van der Waals surface area contributed by atoms with Gasteiger partial charge in [0.15, 0.2) is 0 Å². The van der Waals surface area contributed by atoms with E-state index in [1.54, 1.807) is 4.90 Å². The fraction of sp³-hybridized carbons (Fsp3) is 0.529. The van der Waals surface area contributed by atoms with Gasteiger partial charge in [0.2, 0.25) is 0 Å². The molecule has 1 aliphatic rings. The van der Waals surface area contributed by atoms with Crippen LogP contribution in [0.15, 0.2) is 29.3 Å². The number of carbonyl (C=O) groups excluding carboxylic acids is 1. The molecular weight excluding hydrogens is 297 g/mol. The maximum atomic E-state index is 12.9. The molecule has 2 rings (SSSR count). The molecular formula is C17H25FN3O2+. The van der Waals surface area contributed by atoms with Crippen LogP contribution in [0.2, 0.25) is 0 Å². The third kappa shape index (κ3) is 5.98. The highest BCUT2D eigenvalue weighted by atomic mass is 19.1. The number of ether oxygens (including phenoxy) is 1. The molecule has 0 unspecified atom stereocenters. The third-order valence-corrected chi connectivity index (χ3v) is 3.89. The molecule has 2 N–H and O–H groups in total. The minimum atomic E-state index is -0.371. The number of halogens is 1. The summed E-state index contributed by atoms with van der Waals surface area (Å²) < 4.78 is 18.3. The molecule has 5 nitrogen and oxygen atoms in total. The summed E-state index contributed by atoms with van der Waals surface area (Å²) in [5, 5.41) is 2.65. The Labute approximate surface area is 136 Å². The van der Waals surface area contributed by atoms with Crippen LogP contribution in [0.1, 0.15) is 36.5 Å². The van der Waals surface area contributed by atoms with E-state index in [1.165, 1.54) is 56.6 Å². The number of nitrogens with zero attached hydrogens (tertiary/aromatic N) is 1. The number of aliphatic imine (C=N–C) groups is 1. The lowest BCUT2D eigenvalue weighted by atomic mass is 10.1. The molecule has 0 aromatic heterocycles. The summed E-state index contributed by atoms with van der Waals surface area (Å²) in [6, 6.07) is 5.62. The Kier molecular flexibility index (Phi) is 7.00. The zero-order valence-electron chi connectivity index (χ0n) is 13.6. The average Bonchev–Trinajstić information content (AvgIpc) is 2.56. The Morgan fingerprint density at radius 3 is 2.61 bits per heavy atom. The molecule has 0 aliphatic carbocycles. The van der Waals surface area contributed by atoms with Crippen molar-refractivity contribution in [2.45, 2.75) is 26.2 Å². The highest BCUT2D eigenvalue weighted by molar-refractivity contribution is 6.04. The number of amidine groups is 1. The van der Waals surface area contributed by atoms with Crippen molar-refractivity contribution in [1.82, 2.24) is 5.32 Å². The summed E-state index contributed by atoms with van der Waals surface area (Å²) in [7, 11) is 0. The topological polar surface area (TPSA) is 55.1 Å². The van der Waals surface area contributed by atoms with Crippen molar-refractivity contribution in [3.05, 3.63) is 35.6 Å². The van der Waals surface area contributed by atoms with Crippen LogP contribution in [-0.4, -0.2) is 44.7 Å². The highest BCUT2D eigenvalue weighted by Crippen LogP contribution is 2.02. The Balaban J connectivity index is 1.87. The molecule has 0 atom stereocenters. The second-order valence-electron chi connectivity index (χ2n) is 5.64. The van der Waals surface area contributed by atoms with E-state index in [0.717, 1.165) is 6.54 Å². The minimum Gasteiger partial charge on any atom is -0.465 e. The zero-order chi connectivity index (χ0) is 16.5. The summed E-state index contributed by atoms with van der Waals surface area (Å²) in [4.78, 5) is 18.0. The smallest absolute Gasteiger partial charge is 0.291 e. The van der Waals surface area contributed by atoms with Crippen LogP contribution in [0.5, 0.6) is 0 Å². The van der Waals surface area contributed by atoms with Gasteiger partial charge in [0.1, 0.15) is 5.82 Å². The van der Waals surface area contributed by atoms with E-state index in [9.17, 15) is 9.18 Å². The number of carbonyl (C=O) groups is 1. The first-order valence-electron chi connectivity index (χ1n) is 8.26. The van der Waals surface area contributed by atoms with Crippen molar-refractivity contribution < 1.29 is 18.8 Å². The maximum absolute atomic E-state index is 12.9. The van der Waals surface area contributed by atoms with E-state index in [-0.39, 0.29) is 17.7 Å². The van der Waals surface area contributed by atoms with E-state index >= 15 is 0 Å². The summed E-state index contributed by atoms with van der Waals surface area (Å²) in [5.74, 6) is -0.715. The number of amides is 1. The molecule has 0 radical (unpaired) electrons. The molecule has 1 aromatic rings. The summed E-state index contributed by atoms with van der Waals surface area (Å²) in [6.45, 7) is 6.23. The van der Waals surface area contributed by atoms with Gasteiger partial charge in [0.25, 0.3) is 11.9 Å². The Bertz CT molecular complexity index is 525. The van der Waals surface area contributed by atoms with Gasteiger partial charge in [-0.3, -0.25) is 10.1 Å². The van der Waals surface area contributed by atoms with Gasteiger partial charge in [0, 0.05) is 5.56 Å². The summed E-state index contributed by atoms with van der Waals surface area (Å²) in [5.41, 5.74) is 0.375. The average molecular weight is 322 g/mol. The van der Waals surface area contributed by atoms with Gasteiger partial charge >= 0.3 is 0 Å². The van der Waals surface area contributed by atoms with Crippen molar-refractivity contribution >= 4 is 11.9 Å². The first-order valence-corrected chi connectivity index (χ1v) is 8.26. The SMILES string of the molecule is CCOC(=NCC[NH+]1CCCCC1)NC(=O)c1ccc(F)cc1. The lowest BCUT2D eigenvalue weighted by molar-refractivity contribution is -0.903. The van der Waals surface area contributed by atoms with Crippen LogP contribution >= 0.6 is 0 Å². The van der Waals surface area contributed by atoms with Crippen LogP contribution in [0, 0.1) is 5.82 Å². The lowest BCUT2D eigenvalue weighted by Gasteiger charge is -2.22. The summed E-state index contributed by atoms with van der Waals surface area (Å²) in [6.07, 6.45) is 3.88. The van der Waals surface area contributed by atoms with Crippen molar-refractivity contribution in [2.24, 2.45) is 4.99 Å². The van der Waals surface area contributed by atoms with Crippen molar-refractivity contribution in [1.29, 1.82) is 0 Å². The van der Waals surface area contributed by atoms with Gasteiger partial charge in [-0.1, -0.05) is 0 Å². The van der Waals surface area contributed by atoms with E-state index in [2.05, 4.69) is 10.3 Å². The molecule has 1 heterocycles. The largest absolute Gasteiger partial charge is 0.465 e. The predicted octanol–water partition coefficient (Wildman–Crippen LogP) is 1.02. The number of rotatable bonds is 5. The first-order chi connectivity index (χ1) is 11.2. The Morgan fingerprint density at radius 2 is 1.96 bits per heavy atom. The van der Waals surface area contributed by atoms with Gasteiger partial charge in [-0.2, -0.15) is 0 Å². The van der Waals surface area contributed by atoms with Crippen molar-refractivity contribution in [3.8, 4) is 0 Å². The third-order valence-electron chi connectivity index (χ3n) is 3.89. The van der Waals surface area contributed by atoms with Crippen molar-refractivity contribution in [3.63, 3.8) is 0 Å². The molecule has 0 saturated carbocycles. The number of hydrogen-bond donors (Lipinski definition) is 2. The van der Waals surface area contributed by atoms with E-state index in [0.29, 0.717) is 18.7 Å². The fourth-order valence-electron chi connectivity index (χ4n) is 2.65. The van der Waals surface area contributed by atoms with Gasteiger partial charge < -0.3 is 9.64 Å². The van der Waals surface area contributed by atoms with Crippen LogP contribution in [0.25, 0.3) is 0 Å². The molecule has 1 fully saturated rings. The van der Waals surface area contributed by atoms with Gasteiger partial charge in [0.05, 0.1) is 32.8 Å². The number of benzene rings is 1. The van der Waals surface area contributed by atoms with Crippen LogP contribution in [-0.2, 0) is 4.74 Å². The van der Waals surface area contributed by atoms with E-state index in [4.69, 9.17) is 4.74 Å². The molecule has 1 amide bonds. The Morgan fingerprint density at radius 1 is 1.26 bits per heavy atom. The number of likely N-dealkylation sites (tertiary alicyclic amines) is 1. The molecule has 1 aromatic carbocycles. The van der Waals surface area contributed by atoms with Gasteiger partial charge in [-0.25, -0.2) is 9.38 Å². The number of hydrogen-bond acceptors (Lipinski definition) is 3. The monoisotopic (exact) mass is 322 g/mol. The molecule has 1 saturated heterocycles. The first kappa shape index (κ1) is 17.4. The fourth-order valence-corrected chi connectivity index (χ4v) is 2.65. The van der Waals surface area contributed by atoms with Crippen LogP contribution < -0.4 is 10.2 Å². The Hall–Kier alpha value is -1.95. The van der Waals surface area contributed by atoms with Gasteiger partial charge in [-0.15, -0.1) is 0 Å². The second kappa shape index (κ2) is 9.25. The second-order valence-corrected chi connectivity index (χ2v) is 5.64. The molecule has 1 aliphatic heterocycles. The van der Waals surface area contributed by atoms with Crippen LogP contribution in [0.3, 0.4) is 0 Å². The minimum absolute atomic E-state index is 0.234. The molecule has 0 bridgehead atoms. The van der Waals surface area contributed by atoms with E-state index in [1.807, 2.05) is 6.92 Å². The number of quaternary nitrogens is 1. The normalized spacial score (nSPS) is 16.2. The summed E-state index contributed by atoms with van der Waals surface area (Å²) >= 11 is 0. The molecule has 126 valence electrons. The van der Waals surface area contributed by atoms with Gasteiger partial charge in [-0.05, 0) is 50.5 Å². The van der Waals surface area contributed by atoms with Crippen molar-refractivity contribution in [2.75, 3.05) is 32.8 Å². The number of nitrogens with one attached hydrogen (secondary N) is 2. The molecule has 0 spiro atoms. The predicted molar refractivity (Wildman–Crippen MR) is 87.2 cm³/mol. The molecule has 23 heavy (non-hydrogen) atoms. The molecule has 6 heteroatoms. The standard InChI is InChI=1S/C17H24FN3O2/c1-2-23-17(19-10-13-21-11-4-3-5-12-21)20-16(22)14-6-8-15(18)9-7-14/h6-9H,2-5,10-13H2,1H3,(H,19,20,22)/p+1. The highest BCUT2D eigenvalue weighted by Gasteiger charge is 2.13. The quantitative estimate of drug-likeness (QED) is 0.628. The maximum Gasteiger partial charge on any atom is 0.291 e. The van der Waals surface area contributed by atoms with E-state index < -0.39 is 0 Å². The zero-order valence-corrected chi connectivity index (χ0v) is 13.6. The van der Waals surface area contributed by atoms with Crippen LogP contribution in [0.4, 0.5) is 4.39 Å². The lowest BCUT2D eigenvalue weighted by Crippen LogP contribution is -3.13.